The molecule has 0 aliphatic carbocycles. The summed E-state index contributed by atoms with van der Waals surface area (Å²) >= 11 is 0. The maximum absolute atomic E-state index is 12.4. The van der Waals surface area contributed by atoms with Gasteiger partial charge in [-0.3, -0.25) is 4.79 Å². The monoisotopic (exact) mass is 369 g/mol. The highest BCUT2D eigenvalue weighted by Crippen LogP contribution is 2.32. The van der Waals surface area contributed by atoms with Crippen LogP contribution in [0, 0.1) is 6.92 Å². The Bertz CT molecular complexity index is 764. The van der Waals surface area contributed by atoms with Crippen LogP contribution in [0.5, 0.6) is 5.75 Å². The van der Waals surface area contributed by atoms with Crippen molar-refractivity contribution in [3.63, 3.8) is 0 Å². The number of carbonyl (C=O) groups excluding carboxylic acids is 2. The second-order valence-corrected chi connectivity index (χ2v) is 5.62. The van der Waals surface area contributed by atoms with E-state index in [4.69, 9.17) is 9.15 Å². The average molecular weight is 370 g/mol. The van der Waals surface area contributed by atoms with Gasteiger partial charge in [-0.2, -0.15) is 0 Å². The molecule has 0 radical (unpaired) electrons. The zero-order valence-electron chi connectivity index (χ0n) is 14.9. The lowest BCUT2D eigenvalue weighted by Gasteiger charge is -2.17. The van der Waals surface area contributed by atoms with Gasteiger partial charge in [0, 0.05) is 11.9 Å². The Balaban J connectivity index is 0.00000312. The summed E-state index contributed by atoms with van der Waals surface area (Å²) < 4.78 is 10.9. The van der Waals surface area contributed by atoms with E-state index in [0.717, 1.165) is 13.1 Å². The van der Waals surface area contributed by atoms with E-state index in [9.17, 15) is 14.7 Å². The van der Waals surface area contributed by atoms with Crippen LogP contribution in [0.1, 0.15) is 47.2 Å². The van der Waals surface area contributed by atoms with Crippen LogP contribution in [0.4, 0.5) is 0 Å². The summed E-state index contributed by atoms with van der Waals surface area (Å²) in [6.07, 6.45) is 0. The van der Waals surface area contributed by atoms with E-state index in [2.05, 4.69) is 18.7 Å². The molecule has 0 aliphatic rings. The molecule has 0 unspecified atom stereocenters. The summed E-state index contributed by atoms with van der Waals surface area (Å²) in [6.45, 7) is 9.84. The number of aryl methyl sites for hydroxylation is 1. The van der Waals surface area contributed by atoms with E-state index < -0.39 is 5.97 Å². The number of ether oxygens (including phenoxy) is 1. The van der Waals surface area contributed by atoms with Gasteiger partial charge in [0.2, 0.25) is 0 Å². The van der Waals surface area contributed by atoms with Gasteiger partial charge in [0.05, 0.1) is 5.56 Å². The number of hydrogen-bond donors (Lipinski definition) is 1. The van der Waals surface area contributed by atoms with Crippen molar-refractivity contribution in [1.82, 2.24) is 4.90 Å². The molecule has 0 aliphatic heterocycles. The fourth-order valence-corrected chi connectivity index (χ4v) is 2.67. The minimum absolute atomic E-state index is 0. The predicted molar refractivity (Wildman–Crippen MR) is 97.9 cm³/mol. The molecule has 0 saturated heterocycles. The van der Waals surface area contributed by atoms with Crippen molar-refractivity contribution in [2.75, 3.05) is 26.2 Å². The number of ketones is 1. The summed E-state index contributed by atoms with van der Waals surface area (Å²) in [5.41, 5.74) is 0.832. The molecule has 0 fully saturated rings. The molecule has 7 heteroatoms. The zero-order chi connectivity index (χ0) is 17.9. The van der Waals surface area contributed by atoms with Crippen LogP contribution < -0.4 is 0 Å². The van der Waals surface area contributed by atoms with E-state index >= 15 is 0 Å². The number of nitrogens with zero attached hydrogens (tertiary/aromatic N) is 1. The molecule has 2 aromatic rings. The van der Waals surface area contributed by atoms with E-state index in [-0.39, 0.29) is 41.7 Å². The Morgan fingerprint density at radius 1 is 1.24 bits per heavy atom. The van der Waals surface area contributed by atoms with Crippen LogP contribution in [-0.4, -0.2) is 48.0 Å². The first-order valence-electron chi connectivity index (χ1n) is 8.05. The molecule has 1 heterocycles. The predicted octanol–water partition coefficient (Wildman–Crippen LogP) is 3.57. The Morgan fingerprint density at radius 2 is 1.88 bits per heavy atom. The molecule has 25 heavy (non-hydrogen) atoms. The third-order valence-corrected chi connectivity index (χ3v) is 4.10. The molecule has 0 bridgehead atoms. The fourth-order valence-electron chi connectivity index (χ4n) is 2.67. The number of hydrogen-bond acceptors (Lipinski definition) is 6. The van der Waals surface area contributed by atoms with Crippen LogP contribution >= 0.6 is 12.4 Å². The minimum atomic E-state index is -0.492. The third-order valence-electron chi connectivity index (χ3n) is 4.10. The molecular weight excluding hydrogens is 346 g/mol. The van der Waals surface area contributed by atoms with Crippen LogP contribution in [0.3, 0.4) is 0 Å². The van der Waals surface area contributed by atoms with Crippen LogP contribution in [0.2, 0.25) is 0 Å². The third kappa shape index (κ3) is 4.52. The smallest absolute Gasteiger partial charge is 0.342 e. The molecule has 2 rings (SSSR count). The quantitative estimate of drug-likeness (QED) is 0.593. The van der Waals surface area contributed by atoms with Crippen LogP contribution in [0.25, 0.3) is 11.0 Å². The van der Waals surface area contributed by atoms with Crippen molar-refractivity contribution in [2.24, 2.45) is 0 Å². The molecule has 1 N–H and O–H groups in total. The van der Waals surface area contributed by atoms with E-state index in [1.165, 1.54) is 19.1 Å². The van der Waals surface area contributed by atoms with Gasteiger partial charge in [-0.05, 0) is 39.1 Å². The molecule has 0 spiro atoms. The Labute approximate surface area is 153 Å². The Hall–Kier alpha value is -2.05. The van der Waals surface area contributed by atoms with Gasteiger partial charge in [-0.25, -0.2) is 4.79 Å². The Morgan fingerprint density at radius 3 is 2.44 bits per heavy atom. The van der Waals surface area contributed by atoms with Gasteiger partial charge in [-0.1, -0.05) is 13.8 Å². The first kappa shape index (κ1) is 21.0. The van der Waals surface area contributed by atoms with Crippen molar-refractivity contribution in [3.05, 3.63) is 29.0 Å². The fraction of sp³-hybridized carbons (Fsp3) is 0.444. The van der Waals surface area contributed by atoms with Crippen molar-refractivity contribution in [2.45, 2.75) is 27.7 Å². The van der Waals surface area contributed by atoms with E-state index in [1.807, 2.05) is 0 Å². The second kappa shape index (κ2) is 8.87. The summed E-state index contributed by atoms with van der Waals surface area (Å²) in [7, 11) is 0. The van der Waals surface area contributed by atoms with Gasteiger partial charge in [-0.15, -0.1) is 12.4 Å². The summed E-state index contributed by atoms with van der Waals surface area (Å²) in [5.74, 6) is -0.536. The first-order valence-corrected chi connectivity index (χ1v) is 8.05. The number of esters is 1. The standard InChI is InChI=1S/C18H23NO5.ClH/c1-5-19(6-2)7-8-23-18(22)17-12(4)24-16-10-13(11(3)20)15(21)9-14(16)17;/h9-10,21H,5-8H2,1-4H3;1H. The lowest BCUT2D eigenvalue weighted by molar-refractivity contribution is 0.0466. The van der Waals surface area contributed by atoms with E-state index in [0.29, 0.717) is 23.3 Å². The zero-order valence-corrected chi connectivity index (χ0v) is 15.7. The lowest BCUT2D eigenvalue weighted by Crippen LogP contribution is -2.27. The summed E-state index contributed by atoms with van der Waals surface area (Å²) in [5, 5.41) is 10.4. The highest BCUT2D eigenvalue weighted by Gasteiger charge is 2.22. The number of phenolic OH excluding ortho intramolecular Hbond substituents is 1. The maximum Gasteiger partial charge on any atom is 0.342 e. The number of likely N-dealkylation sites (N-methyl/N-ethyl adjacent to an activating group) is 1. The number of benzene rings is 1. The second-order valence-electron chi connectivity index (χ2n) is 5.62. The SMILES string of the molecule is CCN(CC)CCOC(=O)c1c(C)oc2cc(C(C)=O)c(O)cc12.Cl. The molecule has 0 atom stereocenters. The topological polar surface area (TPSA) is 80.0 Å². The van der Waals surface area contributed by atoms with Crippen molar-refractivity contribution >= 4 is 35.1 Å². The molecule has 0 amide bonds. The van der Waals surface area contributed by atoms with Crippen molar-refractivity contribution in [3.8, 4) is 5.75 Å². The normalized spacial score (nSPS) is 10.8. The summed E-state index contributed by atoms with van der Waals surface area (Å²) in [6, 6.07) is 2.83. The molecule has 1 aromatic heterocycles. The first-order chi connectivity index (χ1) is 11.4. The largest absolute Gasteiger partial charge is 0.507 e. The van der Waals surface area contributed by atoms with Gasteiger partial charge in [0.1, 0.15) is 29.3 Å². The van der Waals surface area contributed by atoms with Gasteiger partial charge >= 0.3 is 5.97 Å². The highest BCUT2D eigenvalue weighted by molar-refractivity contribution is 6.07. The van der Waals surface area contributed by atoms with Crippen molar-refractivity contribution in [1.29, 1.82) is 0 Å². The maximum atomic E-state index is 12.4. The number of carbonyl (C=O) groups is 2. The van der Waals surface area contributed by atoms with Gasteiger partial charge < -0.3 is 19.2 Å². The van der Waals surface area contributed by atoms with Gasteiger partial charge in [0.15, 0.2) is 5.78 Å². The number of phenols is 1. The number of halogens is 1. The minimum Gasteiger partial charge on any atom is -0.507 e. The van der Waals surface area contributed by atoms with Gasteiger partial charge in [0.25, 0.3) is 0 Å². The highest BCUT2D eigenvalue weighted by atomic mass is 35.5. The number of aromatic hydroxyl groups is 1. The molecule has 0 saturated carbocycles. The Kier molecular flexibility index (Phi) is 7.45. The van der Waals surface area contributed by atoms with Crippen molar-refractivity contribution < 1.29 is 23.8 Å². The number of furan rings is 1. The lowest BCUT2D eigenvalue weighted by atomic mass is 10.1. The van der Waals surface area contributed by atoms with E-state index in [1.54, 1.807) is 6.92 Å². The molecule has 1 aromatic carbocycles. The summed E-state index contributed by atoms with van der Waals surface area (Å²) in [4.78, 5) is 26.0. The molecule has 138 valence electrons. The van der Waals surface area contributed by atoms with Crippen LogP contribution in [0.15, 0.2) is 16.5 Å². The average Bonchev–Trinajstić information content (AvgIpc) is 2.85. The van der Waals surface area contributed by atoms with Crippen LogP contribution in [-0.2, 0) is 4.74 Å². The molecule has 6 nitrogen and oxygen atoms in total. The number of fused-ring (bicyclic) bond motifs is 1. The molecular formula is C18H24ClNO5. The number of rotatable bonds is 7. The number of Topliss-reactive ketones (excluding diaryl/α,β-unsaturated/α-hetero) is 1.